The molecule has 0 N–H and O–H groups in total. The summed E-state index contributed by atoms with van der Waals surface area (Å²) in [6.45, 7) is 0.646. The molecule has 3 heteroatoms. The van der Waals surface area contributed by atoms with Crippen LogP contribution in [0.15, 0.2) is 0 Å². The second kappa shape index (κ2) is 2.51. The molecule has 8 heavy (non-hydrogen) atoms. The van der Waals surface area contributed by atoms with Gasteiger partial charge in [-0.2, -0.15) is 0 Å². The predicted octanol–water partition coefficient (Wildman–Crippen LogP) is 0.192. The Hall–Kier alpha value is -0.0200. The van der Waals surface area contributed by atoms with Gasteiger partial charge < -0.3 is 0 Å². The Morgan fingerprint density at radius 2 is 2.50 bits per heavy atom. The van der Waals surface area contributed by atoms with Crippen LogP contribution in [-0.2, 0) is 4.79 Å². The zero-order valence-corrected chi connectivity index (χ0v) is 5.70. The molecule has 0 aromatic carbocycles. The molecule has 1 fully saturated rings. The number of ketones is 1. The third-order valence-corrected chi connectivity index (χ3v) is 2.17. The lowest BCUT2D eigenvalue weighted by Crippen LogP contribution is -2.31. The fourth-order valence-electron chi connectivity index (χ4n) is 0.708. The number of hydrogen-bond acceptors (Lipinski definition) is 3. The predicted molar refractivity (Wildman–Crippen MR) is 35.0 cm³/mol. The minimum atomic E-state index is 0.351. The van der Waals surface area contributed by atoms with E-state index in [1.807, 2.05) is 11.9 Å². The molecular weight excluding hydrogens is 122 g/mol. The Bertz CT molecular complexity index is 105. The van der Waals surface area contributed by atoms with Gasteiger partial charge in [-0.3, -0.25) is 9.69 Å². The van der Waals surface area contributed by atoms with E-state index < -0.39 is 0 Å². The molecule has 1 aliphatic rings. The largest absolute Gasteiger partial charge is 0.297 e. The highest BCUT2D eigenvalue weighted by atomic mass is 32.2. The van der Waals surface area contributed by atoms with Gasteiger partial charge in [0.1, 0.15) is 0 Å². The zero-order chi connectivity index (χ0) is 5.98. The summed E-state index contributed by atoms with van der Waals surface area (Å²) in [5, 5.41) is 0. The van der Waals surface area contributed by atoms with Crippen LogP contribution in [0.4, 0.5) is 0 Å². The fraction of sp³-hybridized carbons (Fsp3) is 0.800. The smallest absolute Gasteiger partial charge is 0.156 e. The van der Waals surface area contributed by atoms with Gasteiger partial charge in [-0.05, 0) is 7.05 Å². The average molecular weight is 131 g/mol. The van der Waals surface area contributed by atoms with Gasteiger partial charge >= 0.3 is 0 Å². The lowest BCUT2D eigenvalue weighted by Gasteiger charge is -2.19. The molecule has 1 rings (SSSR count). The first-order chi connectivity index (χ1) is 3.79. The van der Waals surface area contributed by atoms with E-state index in [-0.39, 0.29) is 0 Å². The minimum absolute atomic E-state index is 0.351. The number of carbonyl (C=O) groups is 1. The molecule has 1 aliphatic heterocycles. The standard InChI is InChI=1S/C5H9NOS/c1-6-2-5(7)3-8-4-6/h2-4H2,1H3. The molecule has 0 aliphatic carbocycles. The van der Waals surface area contributed by atoms with Crippen LogP contribution in [0.2, 0.25) is 0 Å². The van der Waals surface area contributed by atoms with Gasteiger partial charge in [-0.25, -0.2) is 0 Å². The van der Waals surface area contributed by atoms with Crippen LogP contribution >= 0.6 is 11.8 Å². The van der Waals surface area contributed by atoms with Crippen molar-refractivity contribution in [2.45, 2.75) is 0 Å². The molecule has 0 aromatic heterocycles. The molecular formula is C5H9NOS. The summed E-state index contributed by atoms with van der Waals surface area (Å²) in [6.07, 6.45) is 0. The average Bonchev–Trinajstić information content (AvgIpc) is 1.64. The van der Waals surface area contributed by atoms with Crippen molar-refractivity contribution in [3.8, 4) is 0 Å². The van der Waals surface area contributed by atoms with Gasteiger partial charge in [0, 0.05) is 5.88 Å². The minimum Gasteiger partial charge on any atom is -0.297 e. The van der Waals surface area contributed by atoms with E-state index >= 15 is 0 Å². The summed E-state index contributed by atoms with van der Waals surface area (Å²) in [4.78, 5) is 12.6. The highest BCUT2D eigenvalue weighted by Crippen LogP contribution is 2.07. The normalized spacial score (nSPS) is 23.9. The van der Waals surface area contributed by atoms with Crippen molar-refractivity contribution in [3.05, 3.63) is 0 Å². The Balaban J connectivity index is 2.34. The summed E-state index contributed by atoms with van der Waals surface area (Å²) in [5.41, 5.74) is 0. The fourth-order valence-corrected chi connectivity index (χ4v) is 1.52. The van der Waals surface area contributed by atoms with Crippen molar-refractivity contribution in [2.24, 2.45) is 0 Å². The zero-order valence-electron chi connectivity index (χ0n) is 4.89. The van der Waals surface area contributed by atoms with Crippen molar-refractivity contribution in [2.75, 3.05) is 25.2 Å². The summed E-state index contributed by atoms with van der Waals surface area (Å²) in [5.74, 6) is 2.07. The molecule has 2 nitrogen and oxygen atoms in total. The van der Waals surface area contributed by atoms with Gasteiger partial charge in [0.2, 0.25) is 0 Å². The maximum atomic E-state index is 10.6. The van der Waals surface area contributed by atoms with Gasteiger partial charge in [0.25, 0.3) is 0 Å². The van der Waals surface area contributed by atoms with Crippen molar-refractivity contribution in [3.63, 3.8) is 0 Å². The maximum Gasteiger partial charge on any atom is 0.156 e. The molecule has 1 heterocycles. The second-order valence-electron chi connectivity index (χ2n) is 2.03. The third kappa shape index (κ3) is 1.49. The van der Waals surface area contributed by atoms with E-state index in [0.717, 1.165) is 5.88 Å². The van der Waals surface area contributed by atoms with Crippen LogP contribution < -0.4 is 0 Å². The van der Waals surface area contributed by atoms with Crippen LogP contribution in [0.3, 0.4) is 0 Å². The maximum absolute atomic E-state index is 10.6. The SMILES string of the molecule is CN1CSCC(=O)C1. The van der Waals surface area contributed by atoms with E-state index in [4.69, 9.17) is 0 Å². The first-order valence-corrected chi connectivity index (χ1v) is 3.72. The molecule has 0 unspecified atom stereocenters. The summed E-state index contributed by atoms with van der Waals surface area (Å²) in [6, 6.07) is 0. The molecule has 1 saturated heterocycles. The Morgan fingerprint density at radius 3 is 2.88 bits per heavy atom. The Labute approximate surface area is 53.2 Å². The number of thioether (sulfide) groups is 1. The van der Waals surface area contributed by atoms with E-state index in [0.29, 0.717) is 18.1 Å². The van der Waals surface area contributed by atoms with Crippen LogP contribution in [0.25, 0.3) is 0 Å². The first kappa shape index (κ1) is 6.11. The number of hydrogen-bond donors (Lipinski definition) is 0. The van der Waals surface area contributed by atoms with Gasteiger partial charge in [0.15, 0.2) is 5.78 Å². The number of rotatable bonds is 0. The quantitative estimate of drug-likeness (QED) is 0.468. The van der Waals surface area contributed by atoms with Gasteiger partial charge in [-0.15, -0.1) is 11.8 Å². The first-order valence-electron chi connectivity index (χ1n) is 2.57. The van der Waals surface area contributed by atoms with Crippen LogP contribution in [0.5, 0.6) is 0 Å². The summed E-state index contributed by atoms with van der Waals surface area (Å²) >= 11 is 1.69. The molecule has 0 radical (unpaired) electrons. The third-order valence-electron chi connectivity index (χ3n) is 1.02. The molecule has 0 saturated carbocycles. The van der Waals surface area contributed by atoms with Gasteiger partial charge in [-0.1, -0.05) is 0 Å². The van der Waals surface area contributed by atoms with Crippen LogP contribution in [0.1, 0.15) is 0 Å². The number of nitrogens with zero attached hydrogens (tertiary/aromatic N) is 1. The van der Waals surface area contributed by atoms with Crippen molar-refractivity contribution in [1.82, 2.24) is 4.90 Å². The lowest BCUT2D eigenvalue weighted by atomic mass is 10.4. The topological polar surface area (TPSA) is 20.3 Å². The summed E-state index contributed by atoms with van der Waals surface area (Å²) < 4.78 is 0. The van der Waals surface area contributed by atoms with E-state index in [2.05, 4.69) is 0 Å². The van der Waals surface area contributed by atoms with Crippen molar-refractivity contribution >= 4 is 17.5 Å². The molecule has 0 aromatic rings. The highest BCUT2D eigenvalue weighted by Gasteiger charge is 2.11. The van der Waals surface area contributed by atoms with Crippen molar-refractivity contribution < 1.29 is 4.79 Å². The highest BCUT2D eigenvalue weighted by molar-refractivity contribution is 7.99. The van der Waals surface area contributed by atoms with Crippen molar-refractivity contribution in [1.29, 1.82) is 0 Å². The molecule has 46 valence electrons. The monoisotopic (exact) mass is 131 g/mol. The van der Waals surface area contributed by atoms with E-state index in [1.165, 1.54) is 0 Å². The molecule has 0 amide bonds. The summed E-state index contributed by atoms with van der Waals surface area (Å²) in [7, 11) is 1.96. The van der Waals surface area contributed by atoms with E-state index in [1.54, 1.807) is 11.8 Å². The number of Topliss-reactive ketones (excluding diaryl/α,β-unsaturated/α-hetero) is 1. The molecule has 0 atom stereocenters. The lowest BCUT2D eigenvalue weighted by molar-refractivity contribution is -0.117. The Morgan fingerprint density at radius 1 is 1.75 bits per heavy atom. The van der Waals surface area contributed by atoms with E-state index in [9.17, 15) is 4.79 Å². The molecule has 0 bridgehead atoms. The second-order valence-corrected chi connectivity index (χ2v) is 2.99. The van der Waals surface area contributed by atoms with Crippen LogP contribution in [-0.4, -0.2) is 35.9 Å². The van der Waals surface area contributed by atoms with Crippen LogP contribution in [0, 0.1) is 0 Å². The number of carbonyl (C=O) groups excluding carboxylic acids is 1. The molecule has 0 spiro atoms. The number of likely N-dealkylation sites (N-methyl/N-ethyl adjacent to an activating group) is 1. The Kier molecular flexibility index (Phi) is 1.91. The van der Waals surface area contributed by atoms with Gasteiger partial charge in [0.05, 0.1) is 12.3 Å².